The number of rotatable bonds is 5. The van der Waals surface area contributed by atoms with Gasteiger partial charge in [-0.1, -0.05) is 47.6 Å². The maximum absolute atomic E-state index is 11.4. The highest BCUT2D eigenvalue weighted by molar-refractivity contribution is 7.12. The molecule has 2 aromatic heterocycles. The minimum absolute atomic E-state index is 0.427. The molecule has 5 heteroatoms. The lowest BCUT2D eigenvalue weighted by Crippen LogP contribution is -2.08. The van der Waals surface area contributed by atoms with Crippen molar-refractivity contribution < 1.29 is 9.63 Å². The summed E-state index contributed by atoms with van der Waals surface area (Å²) in [6, 6.07) is 20.5. The van der Waals surface area contributed by atoms with E-state index >= 15 is 0 Å². The van der Waals surface area contributed by atoms with Gasteiger partial charge in [0.2, 0.25) is 0 Å². The van der Waals surface area contributed by atoms with Gasteiger partial charge in [0.25, 0.3) is 0 Å². The van der Waals surface area contributed by atoms with Gasteiger partial charge in [-0.3, -0.25) is 0 Å². The zero-order valence-corrected chi connectivity index (χ0v) is 16.6. The molecule has 4 rings (SSSR count). The Morgan fingerprint density at radius 1 is 1.07 bits per heavy atom. The summed E-state index contributed by atoms with van der Waals surface area (Å²) in [7, 11) is 0. The van der Waals surface area contributed by atoms with Gasteiger partial charge in [-0.05, 0) is 41.6 Å². The molecule has 0 aliphatic heterocycles. The quantitative estimate of drug-likeness (QED) is 0.257. The molecule has 0 saturated heterocycles. The molecular weight excluding hydrogens is 368 g/mol. The molecule has 0 fully saturated rings. The molecule has 0 aliphatic carbocycles. The molecule has 0 unspecified atom stereocenters. The predicted molar refractivity (Wildman–Crippen MR) is 114 cm³/mol. The van der Waals surface area contributed by atoms with Gasteiger partial charge in [0.15, 0.2) is 0 Å². The molecule has 4 nitrogen and oxygen atoms in total. The monoisotopic (exact) mass is 388 g/mol. The molecule has 140 valence electrons. The molecule has 4 aromatic rings. The van der Waals surface area contributed by atoms with Crippen LogP contribution in [-0.2, 0) is 16.1 Å². The Labute approximate surface area is 167 Å². The molecule has 2 aromatic carbocycles. The number of carbonyl (C=O) groups excluding carboxylic acids is 1. The normalized spacial score (nSPS) is 11.7. The van der Waals surface area contributed by atoms with Crippen molar-refractivity contribution in [3.8, 4) is 5.00 Å². The number of oxime groups is 1. The van der Waals surface area contributed by atoms with E-state index in [-0.39, 0.29) is 0 Å². The molecule has 0 saturated carbocycles. The number of aromatic nitrogens is 1. The molecule has 0 spiro atoms. The molecule has 28 heavy (non-hydrogen) atoms. The number of hydrogen-bond acceptors (Lipinski definition) is 4. The highest BCUT2D eigenvalue weighted by atomic mass is 32.1. The van der Waals surface area contributed by atoms with E-state index in [4.69, 9.17) is 4.84 Å². The van der Waals surface area contributed by atoms with Crippen molar-refractivity contribution in [3.63, 3.8) is 0 Å². The Morgan fingerprint density at radius 3 is 2.61 bits per heavy atom. The van der Waals surface area contributed by atoms with E-state index in [1.54, 1.807) is 11.3 Å². The fraction of sp³-hybridized carbons (Fsp3) is 0.130. The van der Waals surface area contributed by atoms with Crippen LogP contribution in [0.25, 0.3) is 15.9 Å². The van der Waals surface area contributed by atoms with Crippen molar-refractivity contribution in [3.05, 3.63) is 88.9 Å². The maximum atomic E-state index is 11.4. The van der Waals surface area contributed by atoms with Crippen LogP contribution in [0.1, 0.15) is 23.6 Å². The summed E-state index contributed by atoms with van der Waals surface area (Å²) < 4.78 is 2.16. The van der Waals surface area contributed by atoms with Gasteiger partial charge in [-0.15, -0.1) is 11.3 Å². The van der Waals surface area contributed by atoms with Gasteiger partial charge >= 0.3 is 5.97 Å². The average Bonchev–Trinajstić information content (AvgIpc) is 3.34. The molecule has 0 atom stereocenters. The lowest BCUT2D eigenvalue weighted by Gasteiger charge is -2.08. The number of para-hydroxylation sites is 1. The average molecular weight is 388 g/mol. The van der Waals surface area contributed by atoms with Crippen LogP contribution >= 0.6 is 11.3 Å². The van der Waals surface area contributed by atoms with E-state index in [9.17, 15) is 4.79 Å². The van der Waals surface area contributed by atoms with Gasteiger partial charge in [0, 0.05) is 30.5 Å². The SMILES string of the molecule is CC(=O)O/N=C(\Cc1ccccc1C)c1cn(-c2cccs2)c2ccccc12. The topological polar surface area (TPSA) is 43.6 Å². The summed E-state index contributed by atoms with van der Waals surface area (Å²) in [6.07, 6.45) is 2.66. The number of thiophene rings is 1. The second kappa shape index (κ2) is 7.82. The third kappa shape index (κ3) is 3.62. The largest absolute Gasteiger partial charge is 0.331 e. The second-order valence-electron chi connectivity index (χ2n) is 6.61. The van der Waals surface area contributed by atoms with Gasteiger partial charge in [0.1, 0.15) is 0 Å². The first-order valence-corrected chi connectivity index (χ1v) is 9.95. The molecule has 2 heterocycles. The molecule has 0 aliphatic rings. The summed E-state index contributed by atoms with van der Waals surface area (Å²) in [4.78, 5) is 16.5. The number of aryl methyl sites for hydroxylation is 1. The van der Waals surface area contributed by atoms with Crippen LogP contribution in [-0.4, -0.2) is 16.2 Å². The Bertz CT molecular complexity index is 1160. The van der Waals surface area contributed by atoms with E-state index in [2.05, 4.69) is 58.6 Å². The first-order valence-electron chi connectivity index (χ1n) is 9.07. The summed E-state index contributed by atoms with van der Waals surface area (Å²) in [5.41, 5.74) is 5.13. The van der Waals surface area contributed by atoms with E-state index in [1.807, 2.05) is 30.3 Å². The highest BCUT2D eigenvalue weighted by Crippen LogP contribution is 2.28. The molecule has 0 radical (unpaired) electrons. The molecule has 0 bridgehead atoms. The zero-order chi connectivity index (χ0) is 19.5. The number of nitrogens with zero attached hydrogens (tertiary/aromatic N) is 2. The van der Waals surface area contributed by atoms with E-state index in [0.29, 0.717) is 6.42 Å². The Kier molecular flexibility index (Phi) is 5.08. The Hall–Kier alpha value is -3.18. The van der Waals surface area contributed by atoms with E-state index in [0.717, 1.165) is 32.7 Å². The predicted octanol–water partition coefficient (Wildman–Crippen LogP) is 5.51. The number of benzene rings is 2. The zero-order valence-electron chi connectivity index (χ0n) is 15.8. The molecule has 0 amide bonds. The highest BCUT2D eigenvalue weighted by Gasteiger charge is 2.17. The van der Waals surface area contributed by atoms with Crippen molar-refractivity contribution in [1.82, 2.24) is 4.57 Å². The first kappa shape index (κ1) is 18.2. The van der Waals surface area contributed by atoms with Gasteiger partial charge in [0.05, 0.1) is 16.2 Å². The van der Waals surface area contributed by atoms with Gasteiger partial charge < -0.3 is 9.40 Å². The lowest BCUT2D eigenvalue weighted by atomic mass is 9.98. The Balaban J connectivity index is 1.87. The van der Waals surface area contributed by atoms with Gasteiger partial charge in [-0.2, -0.15) is 0 Å². The van der Waals surface area contributed by atoms with Crippen molar-refractivity contribution in [2.75, 3.05) is 0 Å². The van der Waals surface area contributed by atoms with Crippen LogP contribution in [0.4, 0.5) is 0 Å². The van der Waals surface area contributed by atoms with E-state index in [1.165, 1.54) is 12.5 Å². The lowest BCUT2D eigenvalue weighted by molar-refractivity contribution is -0.140. The standard InChI is InChI=1S/C23H20N2O2S/c1-16-8-3-4-9-18(16)14-21(24-27-17(2)26)20-15-25(23-12-7-13-28-23)22-11-6-5-10-19(20)22/h3-13,15H,14H2,1-2H3/b24-21+. The summed E-state index contributed by atoms with van der Waals surface area (Å²) >= 11 is 1.68. The fourth-order valence-corrected chi connectivity index (χ4v) is 4.00. The third-order valence-corrected chi connectivity index (χ3v) is 5.54. The van der Waals surface area contributed by atoms with Crippen LogP contribution in [0.3, 0.4) is 0 Å². The minimum Gasteiger partial charge on any atom is -0.318 e. The van der Waals surface area contributed by atoms with Crippen LogP contribution in [0.5, 0.6) is 0 Å². The molecule has 0 N–H and O–H groups in total. The maximum Gasteiger partial charge on any atom is 0.331 e. The third-order valence-electron chi connectivity index (χ3n) is 4.67. The molecular formula is C23H20N2O2S. The summed E-state index contributed by atoms with van der Waals surface area (Å²) in [6.45, 7) is 3.44. The van der Waals surface area contributed by atoms with E-state index < -0.39 is 5.97 Å². The van der Waals surface area contributed by atoms with Crippen LogP contribution in [0, 0.1) is 6.92 Å². The van der Waals surface area contributed by atoms with Crippen molar-refractivity contribution in [1.29, 1.82) is 0 Å². The number of hydrogen-bond donors (Lipinski definition) is 0. The van der Waals surface area contributed by atoms with Crippen molar-refractivity contribution >= 4 is 33.9 Å². The van der Waals surface area contributed by atoms with Crippen LogP contribution in [0.15, 0.2) is 77.4 Å². The van der Waals surface area contributed by atoms with Crippen LogP contribution in [0.2, 0.25) is 0 Å². The minimum atomic E-state index is -0.427. The van der Waals surface area contributed by atoms with Crippen molar-refractivity contribution in [2.24, 2.45) is 5.16 Å². The first-order chi connectivity index (χ1) is 13.6. The van der Waals surface area contributed by atoms with Gasteiger partial charge in [-0.25, -0.2) is 4.79 Å². The van der Waals surface area contributed by atoms with Crippen molar-refractivity contribution in [2.45, 2.75) is 20.3 Å². The summed E-state index contributed by atoms with van der Waals surface area (Å²) in [5.74, 6) is -0.427. The number of carbonyl (C=O) groups is 1. The number of fused-ring (bicyclic) bond motifs is 1. The second-order valence-corrected chi connectivity index (χ2v) is 7.53. The smallest absolute Gasteiger partial charge is 0.318 e. The Morgan fingerprint density at radius 2 is 1.86 bits per heavy atom. The fourth-order valence-electron chi connectivity index (χ4n) is 3.28. The summed E-state index contributed by atoms with van der Waals surface area (Å²) in [5, 5.41) is 8.50. The van der Waals surface area contributed by atoms with Crippen LogP contribution < -0.4 is 0 Å².